The highest BCUT2D eigenvalue weighted by molar-refractivity contribution is 6.17. The molecule has 0 aromatic carbocycles. The lowest BCUT2D eigenvalue weighted by Gasteiger charge is -2.19. The number of hydrogen-bond donors (Lipinski definition) is 0. The zero-order valence-corrected chi connectivity index (χ0v) is 10.7. The molecule has 86 valence electrons. The van der Waals surface area contributed by atoms with Crippen molar-refractivity contribution in [2.75, 3.05) is 25.5 Å². The highest BCUT2D eigenvalue weighted by Crippen LogP contribution is 2.04. The minimum atomic E-state index is 0.798. The topological polar surface area (TPSA) is 3.24 Å². The van der Waals surface area contributed by atoms with Gasteiger partial charge in [0.25, 0.3) is 0 Å². The molecule has 0 heterocycles. The fourth-order valence-electron chi connectivity index (χ4n) is 1.65. The third kappa shape index (κ3) is 8.83. The van der Waals surface area contributed by atoms with Crippen molar-refractivity contribution >= 4 is 11.6 Å². The highest BCUT2D eigenvalue weighted by atomic mass is 35.5. The van der Waals surface area contributed by atoms with Gasteiger partial charge in [0.2, 0.25) is 0 Å². The van der Waals surface area contributed by atoms with Gasteiger partial charge in [-0.2, -0.15) is 0 Å². The molecular weight excluding hydrogens is 194 g/mol. The minimum absolute atomic E-state index is 0.798. The van der Waals surface area contributed by atoms with Gasteiger partial charge in [0.1, 0.15) is 0 Å². The average Bonchev–Trinajstić information content (AvgIpc) is 2.22. The van der Waals surface area contributed by atoms with Gasteiger partial charge in [-0.15, -0.1) is 11.6 Å². The zero-order valence-electron chi connectivity index (χ0n) is 9.90. The summed E-state index contributed by atoms with van der Waals surface area (Å²) >= 11 is 5.68. The van der Waals surface area contributed by atoms with Crippen molar-refractivity contribution in [1.29, 1.82) is 0 Å². The predicted octanol–water partition coefficient (Wildman–Crippen LogP) is 3.91. The van der Waals surface area contributed by atoms with E-state index < -0.39 is 0 Å². The van der Waals surface area contributed by atoms with E-state index in [9.17, 15) is 0 Å². The van der Waals surface area contributed by atoms with Crippen LogP contribution in [0, 0.1) is 0 Å². The van der Waals surface area contributed by atoms with Crippen LogP contribution in [0.3, 0.4) is 0 Å². The molecule has 0 rings (SSSR count). The van der Waals surface area contributed by atoms with Crippen LogP contribution in [0.2, 0.25) is 0 Å². The third-order valence-electron chi connectivity index (χ3n) is 2.63. The molecule has 0 amide bonds. The molecule has 0 radical (unpaired) electrons. The van der Waals surface area contributed by atoms with Crippen LogP contribution in [0.4, 0.5) is 0 Å². The second-order valence-corrected chi connectivity index (χ2v) is 4.27. The van der Waals surface area contributed by atoms with E-state index in [1.165, 1.54) is 51.7 Å². The maximum atomic E-state index is 5.68. The molecule has 0 aliphatic heterocycles. The third-order valence-corrected chi connectivity index (χ3v) is 2.90. The van der Waals surface area contributed by atoms with E-state index in [2.05, 4.69) is 18.7 Å². The lowest BCUT2D eigenvalue weighted by molar-refractivity contribution is 0.281. The van der Waals surface area contributed by atoms with Crippen molar-refractivity contribution in [2.45, 2.75) is 52.4 Å². The summed E-state index contributed by atoms with van der Waals surface area (Å²) < 4.78 is 0. The van der Waals surface area contributed by atoms with E-state index >= 15 is 0 Å². The molecule has 0 spiro atoms. The normalized spacial score (nSPS) is 11.1. The van der Waals surface area contributed by atoms with Gasteiger partial charge in [0, 0.05) is 5.88 Å². The summed E-state index contributed by atoms with van der Waals surface area (Å²) in [4.78, 5) is 2.51. The van der Waals surface area contributed by atoms with Gasteiger partial charge >= 0.3 is 0 Å². The minimum Gasteiger partial charge on any atom is -0.304 e. The molecule has 1 nitrogen and oxygen atoms in total. The van der Waals surface area contributed by atoms with Crippen molar-refractivity contribution < 1.29 is 0 Å². The van der Waals surface area contributed by atoms with Gasteiger partial charge < -0.3 is 4.90 Å². The Labute approximate surface area is 94.8 Å². The molecule has 0 N–H and O–H groups in total. The molecule has 0 saturated heterocycles. The lowest BCUT2D eigenvalue weighted by Crippen LogP contribution is -2.25. The zero-order chi connectivity index (χ0) is 10.6. The van der Waals surface area contributed by atoms with Crippen molar-refractivity contribution in [3.05, 3.63) is 0 Å². The van der Waals surface area contributed by atoms with Crippen LogP contribution >= 0.6 is 11.6 Å². The smallest absolute Gasteiger partial charge is 0.0235 e. The quantitative estimate of drug-likeness (QED) is 0.398. The van der Waals surface area contributed by atoms with Crippen molar-refractivity contribution in [2.24, 2.45) is 0 Å². The number of unbranched alkanes of at least 4 members (excludes halogenated alkanes) is 4. The Hall–Kier alpha value is 0.250. The molecule has 2 heteroatoms. The van der Waals surface area contributed by atoms with E-state index in [4.69, 9.17) is 11.6 Å². The molecular formula is C12H26ClN. The first kappa shape index (κ1) is 14.2. The van der Waals surface area contributed by atoms with Crippen LogP contribution in [0.1, 0.15) is 52.4 Å². The summed E-state index contributed by atoms with van der Waals surface area (Å²) in [5.74, 6) is 0.798. The van der Waals surface area contributed by atoms with E-state index in [-0.39, 0.29) is 0 Å². The second-order valence-electron chi connectivity index (χ2n) is 3.89. The molecule has 0 unspecified atom stereocenters. The summed E-state index contributed by atoms with van der Waals surface area (Å²) in [6.07, 6.45) is 8.02. The Morgan fingerprint density at radius 1 is 0.857 bits per heavy atom. The highest BCUT2D eigenvalue weighted by Gasteiger charge is 2.00. The molecule has 0 bridgehead atoms. The summed E-state index contributed by atoms with van der Waals surface area (Å²) in [6, 6.07) is 0. The SMILES string of the molecule is CCCCCCCN(CC)CCCCl. The molecule has 14 heavy (non-hydrogen) atoms. The Kier molecular flexibility index (Phi) is 11.5. The van der Waals surface area contributed by atoms with E-state index in [0.29, 0.717) is 0 Å². The maximum absolute atomic E-state index is 5.68. The molecule has 0 aromatic rings. The molecule has 0 aliphatic carbocycles. The molecule has 0 saturated carbocycles. The standard InChI is InChI=1S/C12H26ClN/c1-3-5-6-7-8-11-14(4-2)12-9-10-13/h3-12H2,1-2H3. The summed E-state index contributed by atoms with van der Waals surface area (Å²) in [6.45, 7) is 8.11. The Balaban J connectivity index is 3.24. The molecule has 0 aromatic heterocycles. The van der Waals surface area contributed by atoms with Crippen molar-refractivity contribution in [1.82, 2.24) is 4.90 Å². The van der Waals surface area contributed by atoms with Crippen LogP contribution in [0.25, 0.3) is 0 Å². The summed E-state index contributed by atoms with van der Waals surface area (Å²) in [5.41, 5.74) is 0. The number of halogens is 1. The van der Waals surface area contributed by atoms with E-state index in [1.54, 1.807) is 0 Å². The number of alkyl halides is 1. The Morgan fingerprint density at radius 2 is 1.50 bits per heavy atom. The van der Waals surface area contributed by atoms with Crippen molar-refractivity contribution in [3.63, 3.8) is 0 Å². The summed E-state index contributed by atoms with van der Waals surface area (Å²) in [7, 11) is 0. The lowest BCUT2D eigenvalue weighted by atomic mass is 10.1. The largest absolute Gasteiger partial charge is 0.304 e. The fourth-order valence-corrected chi connectivity index (χ4v) is 1.77. The second kappa shape index (κ2) is 11.3. The van der Waals surface area contributed by atoms with Crippen LogP contribution < -0.4 is 0 Å². The van der Waals surface area contributed by atoms with Gasteiger partial charge in [-0.05, 0) is 32.5 Å². The maximum Gasteiger partial charge on any atom is 0.0235 e. The fraction of sp³-hybridized carbons (Fsp3) is 1.00. The van der Waals surface area contributed by atoms with Gasteiger partial charge in [0.05, 0.1) is 0 Å². The van der Waals surface area contributed by atoms with E-state index in [1.807, 2.05) is 0 Å². The number of nitrogens with zero attached hydrogens (tertiary/aromatic N) is 1. The van der Waals surface area contributed by atoms with Crippen LogP contribution in [0.15, 0.2) is 0 Å². The van der Waals surface area contributed by atoms with Gasteiger partial charge in [-0.1, -0.05) is 39.5 Å². The first-order valence-electron chi connectivity index (χ1n) is 6.13. The molecule has 0 fully saturated rings. The molecule has 0 atom stereocenters. The number of rotatable bonds is 10. The summed E-state index contributed by atoms with van der Waals surface area (Å²) in [5, 5.41) is 0. The van der Waals surface area contributed by atoms with Crippen molar-refractivity contribution in [3.8, 4) is 0 Å². The number of hydrogen-bond acceptors (Lipinski definition) is 1. The first-order chi connectivity index (χ1) is 6.85. The van der Waals surface area contributed by atoms with Crippen LogP contribution in [-0.4, -0.2) is 30.4 Å². The monoisotopic (exact) mass is 219 g/mol. The van der Waals surface area contributed by atoms with Crippen LogP contribution in [-0.2, 0) is 0 Å². The van der Waals surface area contributed by atoms with Gasteiger partial charge in [0.15, 0.2) is 0 Å². The Bertz CT molecular complexity index is 106. The Morgan fingerprint density at radius 3 is 2.07 bits per heavy atom. The van der Waals surface area contributed by atoms with E-state index in [0.717, 1.165) is 12.3 Å². The average molecular weight is 220 g/mol. The van der Waals surface area contributed by atoms with Crippen LogP contribution in [0.5, 0.6) is 0 Å². The van der Waals surface area contributed by atoms with Gasteiger partial charge in [-0.25, -0.2) is 0 Å². The molecule has 0 aliphatic rings. The van der Waals surface area contributed by atoms with Gasteiger partial charge in [-0.3, -0.25) is 0 Å². The predicted molar refractivity (Wildman–Crippen MR) is 66.2 cm³/mol. The first-order valence-corrected chi connectivity index (χ1v) is 6.66.